The number of nitrogens with zero attached hydrogens (tertiary/aromatic N) is 1. The predicted octanol–water partition coefficient (Wildman–Crippen LogP) is 2.04. The fraction of sp³-hybridized carbons (Fsp3) is 0.167. The number of H-pyrrole nitrogens is 1. The Balaban J connectivity index is 2.28. The van der Waals surface area contributed by atoms with Crippen LogP contribution < -0.4 is 5.56 Å². The van der Waals surface area contributed by atoms with Gasteiger partial charge in [-0.15, -0.1) is 0 Å². The molecule has 18 heavy (non-hydrogen) atoms. The van der Waals surface area contributed by atoms with Crippen molar-refractivity contribution in [3.63, 3.8) is 0 Å². The molecule has 1 aromatic heterocycles. The van der Waals surface area contributed by atoms with Crippen molar-refractivity contribution in [2.24, 2.45) is 0 Å². The Morgan fingerprint density at radius 1 is 1.39 bits per heavy atom. The van der Waals surface area contributed by atoms with Crippen molar-refractivity contribution < 1.29 is 4.21 Å². The van der Waals surface area contributed by atoms with Gasteiger partial charge >= 0.3 is 0 Å². The van der Waals surface area contributed by atoms with Crippen LogP contribution in [0.1, 0.15) is 11.3 Å². The van der Waals surface area contributed by atoms with E-state index in [0.29, 0.717) is 10.7 Å². The molecule has 4 nitrogen and oxygen atoms in total. The van der Waals surface area contributed by atoms with E-state index in [2.05, 4.69) is 9.97 Å². The van der Waals surface area contributed by atoms with E-state index in [1.165, 1.54) is 6.07 Å². The van der Waals surface area contributed by atoms with Crippen molar-refractivity contribution in [3.8, 4) is 0 Å². The SMILES string of the molecule is Cc1cc(=O)[nH]c(S(=O)Cc2ccccc2Cl)n1. The molecule has 2 rings (SSSR count). The minimum Gasteiger partial charge on any atom is -0.299 e. The summed E-state index contributed by atoms with van der Waals surface area (Å²) in [6.45, 7) is 1.69. The second-order valence-corrected chi connectivity index (χ2v) is 5.55. The summed E-state index contributed by atoms with van der Waals surface area (Å²) in [5.74, 6) is 0.228. The number of benzene rings is 1. The van der Waals surface area contributed by atoms with E-state index in [1.54, 1.807) is 19.1 Å². The van der Waals surface area contributed by atoms with Crippen LogP contribution in [0.15, 0.2) is 40.3 Å². The minimum absolute atomic E-state index is 0.180. The molecule has 1 N–H and O–H groups in total. The monoisotopic (exact) mass is 282 g/mol. The maximum atomic E-state index is 12.1. The third-order valence-corrected chi connectivity index (χ3v) is 3.87. The fourth-order valence-corrected chi connectivity index (χ4v) is 2.90. The van der Waals surface area contributed by atoms with Crippen LogP contribution in [0, 0.1) is 6.92 Å². The molecular weight excluding hydrogens is 272 g/mol. The first-order valence-corrected chi connectivity index (χ1v) is 6.95. The Hall–Kier alpha value is -1.46. The molecule has 0 saturated heterocycles. The lowest BCUT2D eigenvalue weighted by Crippen LogP contribution is -2.13. The van der Waals surface area contributed by atoms with Crippen LogP contribution in [0.25, 0.3) is 0 Å². The third kappa shape index (κ3) is 3.05. The zero-order valence-electron chi connectivity index (χ0n) is 9.64. The van der Waals surface area contributed by atoms with Crippen LogP contribution in [-0.2, 0) is 16.6 Å². The van der Waals surface area contributed by atoms with Crippen molar-refractivity contribution in [2.75, 3.05) is 0 Å². The van der Waals surface area contributed by atoms with Gasteiger partial charge < -0.3 is 0 Å². The number of aromatic amines is 1. The van der Waals surface area contributed by atoms with Gasteiger partial charge in [0, 0.05) is 16.8 Å². The molecule has 0 radical (unpaired) electrons. The van der Waals surface area contributed by atoms with Gasteiger partial charge in [0.1, 0.15) is 0 Å². The lowest BCUT2D eigenvalue weighted by molar-refractivity contribution is 0.673. The smallest absolute Gasteiger partial charge is 0.251 e. The quantitative estimate of drug-likeness (QED) is 0.876. The highest BCUT2D eigenvalue weighted by Gasteiger charge is 2.10. The van der Waals surface area contributed by atoms with E-state index >= 15 is 0 Å². The number of nitrogens with one attached hydrogen (secondary N) is 1. The van der Waals surface area contributed by atoms with Crippen molar-refractivity contribution >= 4 is 22.4 Å². The first kappa shape index (κ1) is 13.0. The molecule has 0 aliphatic rings. The Bertz CT molecular complexity index is 655. The number of hydrogen-bond donors (Lipinski definition) is 1. The molecule has 0 aliphatic carbocycles. The van der Waals surface area contributed by atoms with E-state index < -0.39 is 10.8 Å². The molecule has 0 amide bonds. The summed E-state index contributed by atoms with van der Waals surface area (Å²) in [5, 5.41) is 0.737. The van der Waals surface area contributed by atoms with Gasteiger partial charge in [-0.2, -0.15) is 0 Å². The van der Waals surface area contributed by atoms with Crippen molar-refractivity contribution in [3.05, 3.63) is 57.0 Å². The zero-order valence-corrected chi connectivity index (χ0v) is 11.2. The van der Waals surface area contributed by atoms with Crippen molar-refractivity contribution in [2.45, 2.75) is 17.8 Å². The number of aromatic nitrogens is 2. The third-order valence-electron chi connectivity index (χ3n) is 2.31. The summed E-state index contributed by atoms with van der Waals surface area (Å²) in [6, 6.07) is 8.53. The van der Waals surface area contributed by atoms with E-state index in [-0.39, 0.29) is 16.5 Å². The lowest BCUT2D eigenvalue weighted by Gasteiger charge is -2.04. The van der Waals surface area contributed by atoms with Crippen molar-refractivity contribution in [1.82, 2.24) is 9.97 Å². The molecule has 0 fully saturated rings. The molecule has 0 spiro atoms. The molecule has 94 valence electrons. The first-order valence-electron chi connectivity index (χ1n) is 5.26. The summed E-state index contributed by atoms with van der Waals surface area (Å²) in [5.41, 5.74) is 1.01. The van der Waals surface area contributed by atoms with Crippen LogP contribution in [0.2, 0.25) is 5.02 Å². The first-order chi connectivity index (χ1) is 8.56. The number of rotatable bonds is 3. The maximum absolute atomic E-state index is 12.1. The molecule has 0 saturated carbocycles. The van der Waals surface area contributed by atoms with Gasteiger partial charge in [-0.25, -0.2) is 4.98 Å². The number of hydrogen-bond acceptors (Lipinski definition) is 3. The molecule has 2 aromatic rings. The van der Waals surface area contributed by atoms with Crippen LogP contribution in [0.4, 0.5) is 0 Å². The second-order valence-electron chi connectivity index (χ2n) is 3.77. The molecule has 1 atom stereocenters. The highest BCUT2D eigenvalue weighted by Crippen LogP contribution is 2.18. The van der Waals surface area contributed by atoms with Gasteiger partial charge in [-0.1, -0.05) is 29.8 Å². The fourth-order valence-electron chi connectivity index (χ4n) is 1.48. The summed E-state index contributed by atoms with van der Waals surface area (Å²) in [4.78, 5) is 17.8. The van der Waals surface area contributed by atoms with Crippen LogP contribution in [-0.4, -0.2) is 14.2 Å². The normalized spacial score (nSPS) is 12.3. The van der Waals surface area contributed by atoms with Crippen LogP contribution in [0.3, 0.4) is 0 Å². The Morgan fingerprint density at radius 3 is 2.78 bits per heavy atom. The van der Waals surface area contributed by atoms with Crippen LogP contribution in [0.5, 0.6) is 0 Å². The molecule has 1 heterocycles. The summed E-state index contributed by atoms with van der Waals surface area (Å²) in [7, 11) is -1.42. The van der Waals surface area contributed by atoms with E-state index in [0.717, 1.165) is 5.56 Å². The summed E-state index contributed by atoms with van der Waals surface area (Å²) in [6.07, 6.45) is 0. The van der Waals surface area contributed by atoms with Gasteiger partial charge in [0.25, 0.3) is 5.56 Å². The molecule has 0 aliphatic heterocycles. The summed E-state index contributed by atoms with van der Waals surface area (Å²) < 4.78 is 12.1. The summed E-state index contributed by atoms with van der Waals surface area (Å²) >= 11 is 5.99. The van der Waals surface area contributed by atoms with Gasteiger partial charge in [-0.3, -0.25) is 14.0 Å². The average molecular weight is 283 g/mol. The standard InChI is InChI=1S/C12H11ClN2O2S/c1-8-6-11(16)15-12(14-8)18(17)7-9-4-2-3-5-10(9)13/h2-6H,7H2,1H3,(H,14,15,16). The van der Waals surface area contributed by atoms with Gasteiger partial charge in [-0.05, 0) is 18.6 Å². The molecule has 0 bridgehead atoms. The zero-order chi connectivity index (χ0) is 13.1. The maximum Gasteiger partial charge on any atom is 0.251 e. The number of halogens is 1. The minimum atomic E-state index is -1.42. The number of aryl methyl sites for hydroxylation is 1. The van der Waals surface area contributed by atoms with Crippen molar-refractivity contribution in [1.29, 1.82) is 0 Å². The predicted molar refractivity (Wildman–Crippen MR) is 71.2 cm³/mol. The van der Waals surface area contributed by atoms with Gasteiger partial charge in [0.2, 0.25) is 0 Å². The van der Waals surface area contributed by atoms with E-state index in [1.807, 2.05) is 12.1 Å². The largest absolute Gasteiger partial charge is 0.299 e. The topological polar surface area (TPSA) is 62.8 Å². The Kier molecular flexibility index (Phi) is 3.93. The van der Waals surface area contributed by atoms with Gasteiger partial charge in [0.15, 0.2) is 5.16 Å². The Labute approximate surface area is 111 Å². The van der Waals surface area contributed by atoms with E-state index in [9.17, 15) is 9.00 Å². The van der Waals surface area contributed by atoms with Gasteiger partial charge in [0.05, 0.1) is 16.6 Å². The second kappa shape index (κ2) is 5.46. The van der Waals surface area contributed by atoms with E-state index in [4.69, 9.17) is 11.6 Å². The molecular formula is C12H11ClN2O2S. The lowest BCUT2D eigenvalue weighted by atomic mass is 10.2. The molecule has 1 unspecified atom stereocenters. The Morgan fingerprint density at radius 2 is 2.11 bits per heavy atom. The van der Waals surface area contributed by atoms with Crippen LogP contribution >= 0.6 is 11.6 Å². The highest BCUT2D eigenvalue weighted by molar-refractivity contribution is 7.84. The molecule has 1 aromatic carbocycles. The molecule has 6 heteroatoms. The average Bonchev–Trinajstić information content (AvgIpc) is 2.31. The highest BCUT2D eigenvalue weighted by atomic mass is 35.5.